The Bertz CT molecular complexity index is 288. The van der Waals surface area contributed by atoms with Crippen LogP contribution in [-0.2, 0) is 12.8 Å². The zero-order valence-corrected chi connectivity index (χ0v) is 8.65. The van der Waals surface area contributed by atoms with Gasteiger partial charge in [-0.2, -0.15) is 0 Å². The van der Waals surface area contributed by atoms with Crippen LogP contribution in [0.5, 0.6) is 0 Å². The van der Waals surface area contributed by atoms with E-state index in [0.717, 1.165) is 29.8 Å². The van der Waals surface area contributed by atoms with Crippen molar-refractivity contribution in [2.75, 3.05) is 11.5 Å². The van der Waals surface area contributed by atoms with E-state index in [-0.39, 0.29) is 0 Å². The van der Waals surface area contributed by atoms with Gasteiger partial charge in [-0.25, -0.2) is 0 Å². The first kappa shape index (κ1) is 9.90. The minimum atomic E-state index is 0.859. The van der Waals surface area contributed by atoms with E-state index in [1.807, 2.05) is 6.92 Å². The number of rotatable bonds is 2. The fraction of sp³-hybridized carbons (Fsp3) is 0.455. The topological polar surface area (TPSA) is 52.0 Å². The van der Waals surface area contributed by atoms with Crippen molar-refractivity contribution >= 4 is 11.4 Å². The molecule has 0 aliphatic rings. The quantitative estimate of drug-likeness (QED) is 0.683. The van der Waals surface area contributed by atoms with Gasteiger partial charge >= 0.3 is 0 Å². The Morgan fingerprint density at radius 2 is 1.38 bits per heavy atom. The maximum Gasteiger partial charge on any atom is 0.0397 e. The Labute approximate surface area is 79.9 Å². The fourth-order valence-electron chi connectivity index (χ4n) is 1.58. The molecule has 0 amide bonds. The number of benzene rings is 1. The smallest absolute Gasteiger partial charge is 0.0397 e. The molecule has 1 rings (SSSR count). The summed E-state index contributed by atoms with van der Waals surface area (Å²) in [5.74, 6) is 0. The van der Waals surface area contributed by atoms with Crippen LogP contribution in [0.25, 0.3) is 0 Å². The largest absolute Gasteiger partial charge is 0.398 e. The average molecular weight is 178 g/mol. The lowest BCUT2D eigenvalue weighted by molar-refractivity contribution is 1.08. The van der Waals surface area contributed by atoms with Crippen molar-refractivity contribution < 1.29 is 0 Å². The fourth-order valence-corrected chi connectivity index (χ4v) is 1.58. The van der Waals surface area contributed by atoms with E-state index in [4.69, 9.17) is 11.5 Å². The molecule has 4 N–H and O–H groups in total. The lowest BCUT2D eigenvalue weighted by Gasteiger charge is -2.13. The number of hydrogen-bond donors (Lipinski definition) is 2. The third-order valence-corrected chi connectivity index (χ3v) is 2.61. The highest BCUT2D eigenvalue weighted by atomic mass is 14.6. The molecule has 13 heavy (non-hydrogen) atoms. The summed E-state index contributed by atoms with van der Waals surface area (Å²) in [5, 5.41) is 0. The number of aryl methyl sites for hydroxylation is 2. The summed E-state index contributed by atoms with van der Waals surface area (Å²) >= 11 is 0. The van der Waals surface area contributed by atoms with Gasteiger partial charge in [0.2, 0.25) is 0 Å². The third kappa shape index (κ3) is 1.62. The monoisotopic (exact) mass is 178 g/mol. The molecular weight excluding hydrogens is 160 g/mol. The second kappa shape index (κ2) is 3.69. The average Bonchev–Trinajstić information content (AvgIpc) is 2.15. The van der Waals surface area contributed by atoms with Crippen molar-refractivity contribution in [1.29, 1.82) is 0 Å². The van der Waals surface area contributed by atoms with Gasteiger partial charge in [-0.3, -0.25) is 0 Å². The SMILES string of the molecule is CCc1cc(CC)c(N)c(C)c1N. The Balaban J connectivity index is 3.36. The number of hydrogen-bond acceptors (Lipinski definition) is 2. The first-order valence-electron chi connectivity index (χ1n) is 4.78. The number of anilines is 2. The minimum Gasteiger partial charge on any atom is -0.398 e. The first-order chi connectivity index (χ1) is 6.11. The minimum absolute atomic E-state index is 0.859. The maximum atomic E-state index is 5.94. The molecule has 0 bridgehead atoms. The van der Waals surface area contributed by atoms with E-state index >= 15 is 0 Å². The Hall–Kier alpha value is -1.18. The van der Waals surface area contributed by atoms with Crippen LogP contribution in [0, 0.1) is 6.92 Å². The molecule has 2 nitrogen and oxygen atoms in total. The van der Waals surface area contributed by atoms with Gasteiger partial charge in [0.05, 0.1) is 0 Å². The summed E-state index contributed by atoms with van der Waals surface area (Å²) in [6.45, 7) is 6.21. The highest BCUT2D eigenvalue weighted by Crippen LogP contribution is 2.27. The van der Waals surface area contributed by atoms with Crippen LogP contribution in [0.2, 0.25) is 0 Å². The molecule has 0 aliphatic heterocycles. The maximum absolute atomic E-state index is 5.94. The van der Waals surface area contributed by atoms with E-state index in [2.05, 4.69) is 19.9 Å². The molecule has 0 radical (unpaired) electrons. The predicted molar refractivity (Wildman–Crippen MR) is 58.8 cm³/mol. The summed E-state index contributed by atoms with van der Waals surface area (Å²) in [7, 11) is 0. The molecular formula is C11H18N2. The van der Waals surface area contributed by atoms with Crippen LogP contribution in [0.15, 0.2) is 6.07 Å². The zero-order valence-electron chi connectivity index (χ0n) is 8.65. The molecule has 0 heterocycles. The molecule has 0 aliphatic carbocycles. The van der Waals surface area contributed by atoms with Crippen molar-refractivity contribution in [2.24, 2.45) is 0 Å². The third-order valence-electron chi connectivity index (χ3n) is 2.61. The van der Waals surface area contributed by atoms with Crippen molar-refractivity contribution in [3.05, 3.63) is 22.8 Å². The molecule has 0 fully saturated rings. The molecule has 0 aromatic heterocycles. The van der Waals surface area contributed by atoms with Crippen LogP contribution < -0.4 is 11.5 Å². The lowest BCUT2D eigenvalue weighted by Crippen LogP contribution is -2.04. The summed E-state index contributed by atoms with van der Waals surface area (Å²) < 4.78 is 0. The van der Waals surface area contributed by atoms with E-state index in [0.29, 0.717) is 0 Å². The second-order valence-corrected chi connectivity index (χ2v) is 3.35. The summed E-state index contributed by atoms with van der Waals surface area (Å²) in [5.41, 5.74) is 17.1. The van der Waals surface area contributed by atoms with Crippen molar-refractivity contribution in [2.45, 2.75) is 33.6 Å². The van der Waals surface area contributed by atoms with Gasteiger partial charge in [0.15, 0.2) is 0 Å². The molecule has 0 spiro atoms. The first-order valence-corrected chi connectivity index (χ1v) is 4.78. The molecule has 1 aromatic carbocycles. The standard InChI is InChI=1S/C11H18N2/c1-4-8-6-9(5-2)11(13)7(3)10(8)12/h6H,4-5,12-13H2,1-3H3. The van der Waals surface area contributed by atoms with Crippen LogP contribution in [0.4, 0.5) is 11.4 Å². The molecule has 2 heteroatoms. The normalized spacial score (nSPS) is 10.4. The Morgan fingerprint density at radius 3 is 1.69 bits per heavy atom. The van der Waals surface area contributed by atoms with Crippen LogP contribution in [-0.4, -0.2) is 0 Å². The molecule has 0 unspecified atom stereocenters. The van der Waals surface area contributed by atoms with Gasteiger partial charge in [-0.15, -0.1) is 0 Å². The van der Waals surface area contributed by atoms with Crippen LogP contribution in [0.3, 0.4) is 0 Å². The van der Waals surface area contributed by atoms with Gasteiger partial charge in [-0.05, 0) is 36.5 Å². The van der Waals surface area contributed by atoms with Gasteiger partial charge < -0.3 is 11.5 Å². The van der Waals surface area contributed by atoms with E-state index in [9.17, 15) is 0 Å². The highest BCUT2D eigenvalue weighted by molar-refractivity contribution is 5.68. The van der Waals surface area contributed by atoms with Crippen molar-refractivity contribution in [3.63, 3.8) is 0 Å². The second-order valence-electron chi connectivity index (χ2n) is 3.35. The van der Waals surface area contributed by atoms with Crippen LogP contribution in [0.1, 0.15) is 30.5 Å². The van der Waals surface area contributed by atoms with Gasteiger partial charge in [-0.1, -0.05) is 19.9 Å². The zero-order chi connectivity index (χ0) is 10.0. The molecule has 0 atom stereocenters. The number of nitrogens with two attached hydrogens (primary N) is 2. The Kier molecular flexibility index (Phi) is 2.81. The van der Waals surface area contributed by atoms with Crippen LogP contribution >= 0.6 is 0 Å². The molecule has 0 saturated carbocycles. The van der Waals surface area contributed by atoms with Gasteiger partial charge in [0.25, 0.3) is 0 Å². The molecule has 72 valence electrons. The lowest BCUT2D eigenvalue weighted by atomic mass is 9.98. The predicted octanol–water partition coefficient (Wildman–Crippen LogP) is 2.28. The van der Waals surface area contributed by atoms with Gasteiger partial charge in [0, 0.05) is 11.4 Å². The van der Waals surface area contributed by atoms with E-state index in [1.54, 1.807) is 0 Å². The molecule has 1 aromatic rings. The highest BCUT2D eigenvalue weighted by Gasteiger charge is 2.07. The van der Waals surface area contributed by atoms with Crippen molar-refractivity contribution in [3.8, 4) is 0 Å². The van der Waals surface area contributed by atoms with E-state index in [1.165, 1.54) is 11.1 Å². The summed E-state index contributed by atoms with van der Waals surface area (Å²) in [6, 6.07) is 2.12. The van der Waals surface area contributed by atoms with Gasteiger partial charge in [0.1, 0.15) is 0 Å². The van der Waals surface area contributed by atoms with Crippen molar-refractivity contribution in [1.82, 2.24) is 0 Å². The molecule has 0 saturated heterocycles. The summed E-state index contributed by atoms with van der Waals surface area (Å²) in [4.78, 5) is 0. The summed E-state index contributed by atoms with van der Waals surface area (Å²) in [6.07, 6.45) is 1.94. The number of nitrogen functional groups attached to an aromatic ring is 2. The van der Waals surface area contributed by atoms with E-state index < -0.39 is 0 Å². The Morgan fingerprint density at radius 1 is 1.00 bits per heavy atom.